The minimum Gasteiger partial charge on any atom is -0.309 e. The van der Waals surface area contributed by atoms with Gasteiger partial charge in [0.2, 0.25) is 0 Å². The predicted molar refractivity (Wildman–Crippen MR) is 486 cm³/mol. The third-order valence-electron chi connectivity index (χ3n) is 22.7. The largest absolute Gasteiger partial charge is 0.309 e. The fourth-order valence-electron chi connectivity index (χ4n) is 17.1. The standard InChI is InChI=1S/C112H76N2/c1-5-27-77(28-6-1)79-63-65-90(66-64-79)109-103-45-17-13-41-99(103)101-43-15-19-47-105(101)111(109)113(107-49-23-21-39-97(107)88-31-9-3-10-32-88)95-71-67-85(68-72-95)84-57-55-81(56-58-84)80-51-53-82(54-52-80)83-59-61-86(62-60-83)93-37-26-38-94(76-93)110-104-46-18-14-42-100(104)102-44-16-20-48-106(102)112(110)114(108-50-24-22-40-98(108)89-33-11-4-12-34-89)96-73-69-87(70-74-96)92-36-25-35-91(75-92)78-29-7-2-8-30-78/h1-76H. The number of hydrogen-bond acceptors (Lipinski definition) is 2. The smallest absolute Gasteiger partial charge is 0.0625 e. The summed E-state index contributed by atoms with van der Waals surface area (Å²) >= 11 is 0. The molecule has 0 amide bonds. The average molecular weight is 1450 g/mol. The summed E-state index contributed by atoms with van der Waals surface area (Å²) in [6, 6.07) is 169. The Morgan fingerprint density at radius 3 is 0.684 bits per heavy atom. The summed E-state index contributed by atoms with van der Waals surface area (Å²) in [6.45, 7) is 0. The van der Waals surface area contributed by atoms with Crippen LogP contribution >= 0.6 is 0 Å². The van der Waals surface area contributed by atoms with Gasteiger partial charge in [0.25, 0.3) is 0 Å². The summed E-state index contributed by atoms with van der Waals surface area (Å²) in [5.74, 6) is 0. The molecule has 20 aromatic rings. The molecular weight excluding hydrogens is 1370 g/mol. The van der Waals surface area contributed by atoms with Crippen molar-refractivity contribution < 1.29 is 0 Å². The molecule has 20 aromatic carbocycles. The van der Waals surface area contributed by atoms with E-state index in [9.17, 15) is 0 Å². The van der Waals surface area contributed by atoms with Crippen molar-refractivity contribution in [2.75, 3.05) is 9.80 Å². The summed E-state index contributed by atoms with van der Waals surface area (Å²) in [6.07, 6.45) is 0. The van der Waals surface area contributed by atoms with E-state index in [2.05, 4.69) is 471 Å². The molecule has 114 heavy (non-hydrogen) atoms. The van der Waals surface area contributed by atoms with E-state index in [-0.39, 0.29) is 0 Å². The Hall–Kier alpha value is -15.0. The van der Waals surface area contributed by atoms with Crippen molar-refractivity contribution in [1.29, 1.82) is 0 Å². The molecule has 0 radical (unpaired) electrons. The van der Waals surface area contributed by atoms with E-state index in [1.165, 1.54) is 87.6 Å². The Kier molecular flexibility index (Phi) is 18.1. The van der Waals surface area contributed by atoms with Crippen molar-refractivity contribution in [3.8, 4) is 122 Å². The monoisotopic (exact) mass is 1450 g/mol. The highest BCUT2D eigenvalue weighted by Gasteiger charge is 2.29. The van der Waals surface area contributed by atoms with Crippen LogP contribution < -0.4 is 9.80 Å². The minimum absolute atomic E-state index is 1.06. The lowest BCUT2D eigenvalue weighted by molar-refractivity contribution is 1.30. The number of nitrogens with zero attached hydrogens (tertiary/aromatic N) is 2. The van der Waals surface area contributed by atoms with Gasteiger partial charge in [-0.15, -0.1) is 0 Å². The van der Waals surface area contributed by atoms with Gasteiger partial charge in [-0.1, -0.05) is 413 Å². The van der Waals surface area contributed by atoms with Gasteiger partial charge in [-0.25, -0.2) is 0 Å². The van der Waals surface area contributed by atoms with Crippen LogP contribution in [-0.2, 0) is 0 Å². The molecule has 2 nitrogen and oxygen atoms in total. The highest BCUT2D eigenvalue weighted by Crippen LogP contribution is 2.54. The van der Waals surface area contributed by atoms with Gasteiger partial charge in [-0.3, -0.25) is 0 Å². The first kappa shape index (κ1) is 68.3. The van der Waals surface area contributed by atoms with Gasteiger partial charge in [0, 0.05) is 44.4 Å². The first-order valence-electron chi connectivity index (χ1n) is 39.3. The molecule has 0 aliphatic rings. The SMILES string of the molecule is c1ccc(-c2ccc(-c3c(N(c4ccc(-c5ccc(-c6ccc(-c7ccc(-c8cccc(-c9c(N(c%10ccc(-c%11cccc(-c%12ccccc%12)c%11)cc%10)c%10ccccc%10-c%10ccccc%10)c%10ccccc%10c%10ccccc9%10)c8)cc7)cc6)cc5)cc4)c4ccccc4-c4ccccc4)c4ccccc4c4ccccc34)cc2)cc1. The number of fused-ring (bicyclic) bond motifs is 6. The first-order valence-corrected chi connectivity index (χ1v) is 39.3. The van der Waals surface area contributed by atoms with Gasteiger partial charge in [0.15, 0.2) is 0 Å². The van der Waals surface area contributed by atoms with Gasteiger partial charge in [-0.2, -0.15) is 0 Å². The van der Waals surface area contributed by atoms with Crippen LogP contribution in [0.5, 0.6) is 0 Å². The van der Waals surface area contributed by atoms with Gasteiger partial charge < -0.3 is 9.80 Å². The van der Waals surface area contributed by atoms with Crippen LogP contribution in [0.1, 0.15) is 0 Å². The number of anilines is 6. The van der Waals surface area contributed by atoms with Crippen molar-refractivity contribution in [3.05, 3.63) is 461 Å². The van der Waals surface area contributed by atoms with Crippen LogP contribution in [0.15, 0.2) is 461 Å². The molecular formula is C112H76N2. The van der Waals surface area contributed by atoms with E-state index < -0.39 is 0 Å². The molecule has 0 bridgehead atoms. The zero-order valence-electron chi connectivity index (χ0n) is 62.8. The molecule has 0 aliphatic carbocycles. The summed E-state index contributed by atoms with van der Waals surface area (Å²) < 4.78 is 0. The van der Waals surface area contributed by atoms with Crippen molar-refractivity contribution in [3.63, 3.8) is 0 Å². The number of para-hydroxylation sites is 2. The lowest BCUT2D eigenvalue weighted by Gasteiger charge is -2.32. The Bertz CT molecular complexity index is 6880. The molecule has 0 saturated carbocycles. The van der Waals surface area contributed by atoms with Crippen LogP contribution in [0.3, 0.4) is 0 Å². The molecule has 0 heterocycles. The Morgan fingerprint density at radius 1 is 0.123 bits per heavy atom. The average Bonchev–Trinajstić information content (AvgIpc) is 0.728. The maximum absolute atomic E-state index is 2.52. The molecule has 0 spiro atoms. The van der Waals surface area contributed by atoms with Crippen molar-refractivity contribution in [2.24, 2.45) is 0 Å². The van der Waals surface area contributed by atoms with E-state index in [0.717, 1.165) is 112 Å². The lowest BCUT2D eigenvalue weighted by atomic mass is 9.88. The molecule has 0 fully saturated rings. The van der Waals surface area contributed by atoms with Crippen molar-refractivity contribution >= 4 is 77.2 Å². The maximum atomic E-state index is 2.52. The zero-order valence-corrected chi connectivity index (χ0v) is 62.8. The summed E-state index contributed by atoms with van der Waals surface area (Å²) in [5.41, 5.74) is 32.2. The number of hydrogen-bond donors (Lipinski definition) is 0. The number of rotatable bonds is 17. The highest BCUT2D eigenvalue weighted by atomic mass is 15.2. The Balaban J connectivity index is 0.613. The molecule has 20 rings (SSSR count). The second-order valence-corrected chi connectivity index (χ2v) is 29.4. The molecule has 0 atom stereocenters. The van der Waals surface area contributed by atoms with E-state index in [0.29, 0.717) is 0 Å². The van der Waals surface area contributed by atoms with Crippen LogP contribution in [0, 0.1) is 0 Å². The number of benzene rings is 20. The third-order valence-corrected chi connectivity index (χ3v) is 22.7. The molecule has 2 heteroatoms. The molecule has 0 unspecified atom stereocenters. The zero-order chi connectivity index (χ0) is 75.7. The van der Waals surface area contributed by atoms with E-state index >= 15 is 0 Å². The highest BCUT2D eigenvalue weighted by molar-refractivity contribution is 6.24. The second kappa shape index (κ2) is 30.1. The van der Waals surface area contributed by atoms with Crippen LogP contribution in [-0.4, -0.2) is 0 Å². The third kappa shape index (κ3) is 12.9. The molecule has 0 aromatic heterocycles. The van der Waals surface area contributed by atoms with Crippen molar-refractivity contribution in [2.45, 2.75) is 0 Å². The van der Waals surface area contributed by atoms with Crippen LogP contribution in [0.25, 0.3) is 165 Å². The first-order chi connectivity index (χ1) is 56.6. The molecule has 534 valence electrons. The maximum Gasteiger partial charge on any atom is 0.0625 e. The van der Waals surface area contributed by atoms with Crippen molar-refractivity contribution in [1.82, 2.24) is 0 Å². The van der Waals surface area contributed by atoms with Gasteiger partial charge in [0.05, 0.1) is 22.7 Å². The summed E-state index contributed by atoms with van der Waals surface area (Å²) in [7, 11) is 0. The van der Waals surface area contributed by atoms with Crippen LogP contribution in [0.2, 0.25) is 0 Å². The van der Waals surface area contributed by atoms with Gasteiger partial charge in [-0.05, 0) is 181 Å². The minimum atomic E-state index is 1.06. The Morgan fingerprint density at radius 2 is 0.333 bits per heavy atom. The topological polar surface area (TPSA) is 6.48 Å². The molecule has 0 N–H and O–H groups in total. The quantitative estimate of drug-likeness (QED) is 0.0839. The van der Waals surface area contributed by atoms with Gasteiger partial charge >= 0.3 is 0 Å². The Labute approximate surface area is 666 Å². The van der Waals surface area contributed by atoms with E-state index in [1.807, 2.05) is 0 Å². The fourth-order valence-corrected chi connectivity index (χ4v) is 17.1. The fraction of sp³-hybridized carbons (Fsp3) is 0. The van der Waals surface area contributed by atoms with E-state index in [4.69, 9.17) is 0 Å². The second-order valence-electron chi connectivity index (χ2n) is 29.4. The van der Waals surface area contributed by atoms with Gasteiger partial charge in [0.1, 0.15) is 0 Å². The summed E-state index contributed by atoms with van der Waals surface area (Å²) in [5, 5.41) is 9.59. The molecule has 0 saturated heterocycles. The summed E-state index contributed by atoms with van der Waals surface area (Å²) in [4.78, 5) is 5.04. The normalized spacial score (nSPS) is 11.3. The predicted octanol–water partition coefficient (Wildman–Crippen LogP) is 31.6. The van der Waals surface area contributed by atoms with Crippen LogP contribution in [0.4, 0.5) is 34.1 Å². The van der Waals surface area contributed by atoms with E-state index in [1.54, 1.807) is 0 Å². The lowest BCUT2D eigenvalue weighted by Crippen LogP contribution is -2.13. The molecule has 0 aliphatic heterocycles.